The molecule has 1 aromatic heterocycles. The van der Waals surface area contributed by atoms with E-state index in [1.54, 1.807) is 0 Å². The highest BCUT2D eigenvalue weighted by molar-refractivity contribution is 5.79. The van der Waals surface area contributed by atoms with Crippen LogP contribution in [-0.4, -0.2) is 35.7 Å². The van der Waals surface area contributed by atoms with Crippen LogP contribution < -0.4 is 10.6 Å². The molecule has 6 nitrogen and oxygen atoms in total. The molecule has 0 fully saturated rings. The molecule has 0 unspecified atom stereocenters. The molecule has 0 saturated heterocycles. The van der Waals surface area contributed by atoms with Crippen LogP contribution in [0.3, 0.4) is 0 Å². The van der Waals surface area contributed by atoms with Crippen molar-refractivity contribution in [2.24, 2.45) is 10.9 Å². The molecule has 6 heteroatoms. The smallest absolute Gasteiger partial charge is 0.226 e. The van der Waals surface area contributed by atoms with Gasteiger partial charge in [-0.05, 0) is 26.2 Å². The minimum absolute atomic E-state index is 0.668. The lowest BCUT2D eigenvalue weighted by molar-refractivity contribution is 0.372. The first-order valence-electron chi connectivity index (χ1n) is 8.00. The van der Waals surface area contributed by atoms with Gasteiger partial charge >= 0.3 is 0 Å². The Morgan fingerprint density at radius 2 is 2.00 bits per heavy atom. The lowest BCUT2D eigenvalue weighted by Crippen LogP contribution is -2.38. The van der Waals surface area contributed by atoms with Crippen molar-refractivity contribution in [3.05, 3.63) is 11.7 Å². The van der Waals surface area contributed by atoms with Gasteiger partial charge in [-0.1, -0.05) is 31.8 Å². The van der Waals surface area contributed by atoms with Crippen LogP contribution in [0.1, 0.15) is 51.7 Å². The number of nitrogens with one attached hydrogen (secondary N) is 2. The van der Waals surface area contributed by atoms with Crippen molar-refractivity contribution < 1.29 is 4.52 Å². The number of guanidine groups is 1. The highest BCUT2D eigenvalue weighted by atomic mass is 16.5. The van der Waals surface area contributed by atoms with Crippen molar-refractivity contribution in [3.8, 4) is 0 Å². The van der Waals surface area contributed by atoms with Crippen molar-refractivity contribution in [1.82, 2.24) is 20.8 Å². The summed E-state index contributed by atoms with van der Waals surface area (Å²) in [5.74, 6) is 2.96. The SMILES string of the molecule is CCNC(=NCC(CC)CC)NCCCc1nc(C)no1. The number of rotatable bonds is 9. The Labute approximate surface area is 127 Å². The van der Waals surface area contributed by atoms with Gasteiger partial charge < -0.3 is 15.2 Å². The molecule has 0 spiro atoms. The van der Waals surface area contributed by atoms with Gasteiger partial charge in [0, 0.05) is 26.1 Å². The van der Waals surface area contributed by atoms with E-state index in [-0.39, 0.29) is 0 Å². The zero-order valence-electron chi connectivity index (χ0n) is 13.8. The standard InChI is InChI=1S/C15H29N5O/c1-5-13(6-2)11-18-15(16-7-3)17-10-8-9-14-19-12(4)20-21-14/h13H,5-11H2,1-4H3,(H2,16,17,18). The first-order chi connectivity index (χ1) is 10.2. The van der Waals surface area contributed by atoms with Gasteiger partial charge in [0.05, 0.1) is 0 Å². The molecule has 0 aliphatic carbocycles. The van der Waals surface area contributed by atoms with Crippen LogP contribution >= 0.6 is 0 Å². The van der Waals surface area contributed by atoms with Crippen LogP contribution in [0.15, 0.2) is 9.52 Å². The largest absolute Gasteiger partial charge is 0.357 e. The van der Waals surface area contributed by atoms with Gasteiger partial charge in [0.25, 0.3) is 0 Å². The van der Waals surface area contributed by atoms with Crippen LogP contribution in [0, 0.1) is 12.8 Å². The van der Waals surface area contributed by atoms with Crippen molar-refractivity contribution in [2.75, 3.05) is 19.6 Å². The highest BCUT2D eigenvalue weighted by Crippen LogP contribution is 2.07. The Morgan fingerprint density at radius 3 is 2.57 bits per heavy atom. The summed E-state index contributed by atoms with van der Waals surface area (Å²) in [6.45, 7) is 10.9. The van der Waals surface area contributed by atoms with E-state index in [0.717, 1.165) is 38.4 Å². The molecular weight excluding hydrogens is 266 g/mol. The molecule has 0 saturated carbocycles. The highest BCUT2D eigenvalue weighted by Gasteiger charge is 2.05. The van der Waals surface area contributed by atoms with Crippen molar-refractivity contribution in [2.45, 2.75) is 53.4 Å². The van der Waals surface area contributed by atoms with E-state index in [1.165, 1.54) is 12.8 Å². The van der Waals surface area contributed by atoms with Gasteiger partial charge in [-0.2, -0.15) is 4.98 Å². The molecule has 0 bridgehead atoms. The Morgan fingerprint density at radius 1 is 1.24 bits per heavy atom. The molecule has 0 radical (unpaired) electrons. The third-order valence-electron chi connectivity index (χ3n) is 3.44. The summed E-state index contributed by atoms with van der Waals surface area (Å²) in [6.07, 6.45) is 4.09. The third kappa shape index (κ3) is 7.11. The molecule has 0 aliphatic rings. The molecule has 1 rings (SSSR count). The van der Waals surface area contributed by atoms with Gasteiger partial charge in [-0.15, -0.1) is 0 Å². The first kappa shape index (κ1) is 17.5. The predicted molar refractivity (Wildman–Crippen MR) is 85.4 cm³/mol. The summed E-state index contributed by atoms with van der Waals surface area (Å²) in [4.78, 5) is 8.84. The average molecular weight is 295 g/mol. The summed E-state index contributed by atoms with van der Waals surface area (Å²) in [6, 6.07) is 0. The molecule has 0 amide bonds. The molecule has 120 valence electrons. The normalized spacial score (nSPS) is 12.0. The number of nitrogens with zero attached hydrogens (tertiary/aromatic N) is 3. The van der Waals surface area contributed by atoms with Crippen LogP contribution in [0.25, 0.3) is 0 Å². The van der Waals surface area contributed by atoms with Gasteiger partial charge in [-0.25, -0.2) is 0 Å². The van der Waals surface area contributed by atoms with E-state index in [0.29, 0.717) is 17.6 Å². The van der Waals surface area contributed by atoms with Gasteiger partial charge in [0.15, 0.2) is 11.8 Å². The maximum Gasteiger partial charge on any atom is 0.226 e. The summed E-state index contributed by atoms with van der Waals surface area (Å²) < 4.78 is 5.09. The van der Waals surface area contributed by atoms with E-state index in [9.17, 15) is 0 Å². The quantitative estimate of drug-likeness (QED) is 0.415. The van der Waals surface area contributed by atoms with Crippen LogP contribution in [0.2, 0.25) is 0 Å². The summed E-state index contributed by atoms with van der Waals surface area (Å²) in [5.41, 5.74) is 0. The van der Waals surface area contributed by atoms with Crippen molar-refractivity contribution >= 4 is 5.96 Å². The molecule has 0 aliphatic heterocycles. The lowest BCUT2D eigenvalue weighted by atomic mass is 10.0. The number of hydrogen-bond donors (Lipinski definition) is 2. The molecule has 1 aromatic rings. The third-order valence-corrected chi connectivity index (χ3v) is 3.44. The van der Waals surface area contributed by atoms with Crippen molar-refractivity contribution in [3.63, 3.8) is 0 Å². The zero-order chi connectivity index (χ0) is 15.5. The molecule has 21 heavy (non-hydrogen) atoms. The van der Waals surface area contributed by atoms with E-state index in [2.05, 4.69) is 46.5 Å². The molecule has 0 atom stereocenters. The number of aliphatic imine (C=N–C) groups is 1. The Kier molecular flexibility index (Phi) is 8.47. The molecule has 0 aromatic carbocycles. The zero-order valence-corrected chi connectivity index (χ0v) is 13.8. The second-order valence-corrected chi connectivity index (χ2v) is 5.17. The Bertz CT molecular complexity index is 412. The molecular formula is C15H29N5O. The predicted octanol–water partition coefficient (Wildman–Crippen LogP) is 2.30. The maximum absolute atomic E-state index is 5.09. The topological polar surface area (TPSA) is 75.3 Å². The van der Waals surface area contributed by atoms with E-state index in [4.69, 9.17) is 4.52 Å². The van der Waals surface area contributed by atoms with Crippen LogP contribution in [0.5, 0.6) is 0 Å². The van der Waals surface area contributed by atoms with Gasteiger partial charge in [0.2, 0.25) is 5.89 Å². The monoisotopic (exact) mass is 295 g/mol. The van der Waals surface area contributed by atoms with Gasteiger partial charge in [0.1, 0.15) is 0 Å². The van der Waals surface area contributed by atoms with E-state index in [1.807, 2.05) is 6.92 Å². The first-order valence-corrected chi connectivity index (χ1v) is 8.00. The number of aryl methyl sites for hydroxylation is 2. The minimum Gasteiger partial charge on any atom is -0.357 e. The second kappa shape index (κ2) is 10.2. The molecule has 1 heterocycles. The summed E-state index contributed by atoms with van der Waals surface area (Å²) in [7, 11) is 0. The fraction of sp³-hybridized carbons (Fsp3) is 0.800. The Balaban J connectivity index is 2.31. The fourth-order valence-corrected chi connectivity index (χ4v) is 2.00. The van der Waals surface area contributed by atoms with Gasteiger partial charge in [-0.3, -0.25) is 4.99 Å². The van der Waals surface area contributed by atoms with Crippen LogP contribution in [-0.2, 0) is 6.42 Å². The number of hydrogen-bond acceptors (Lipinski definition) is 4. The fourth-order valence-electron chi connectivity index (χ4n) is 2.00. The average Bonchev–Trinajstić information content (AvgIpc) is 2.90. The van der Waals surface area contributed by atoms with E-state index >= 15 is 0 Å². The van der Waals surface area contributed by atoms with E-state index < -0.39 is 0 Å². The van der Waals surface area contributed by atoms with Crippen LogP contribution in [0.4, 0.5) is 0 Å². The maximum atomic E-state index is 5.09. The molecule has 2 N–H and O–H groups in total. The summed E-state index contributed by atoms with van der Waals surface area (Å²) >= 11 is 0. The van der Waals surface area contributed by atoms with Crippen molar-refractivity contribution in [1.29, 1.82) is 0 Å². The lowest BCUT2D eigenvalue weighted by Gasteiger charge is -2.13. The number of aromatic nitrogens is 2. The summed E-state index contributed by atoms with van der Waals surface area (Å²) in [5, 5.41) is 10.4. The Hall–Kier alpha value is -1.59. The second-order valence-electron chi connectivity index (χ2n) is 5.17. The minimum atomic E-state index is 0.668.